The Morgan fingerprint density at radius 3 is 2.44 bits per heavy atom. The van der Waals surface area contributed by atoms with Crippen LogP contribution in [-0.4, -0.2) is 42.2 Å². The molecule has 0 bridgehead atoms. The normalized spacial score (nSPS) is 10.7. The van der Waals surface area contributed by atoms with Gasteiger partial charge in [-0.2, -0.15) is 0 Å². The van der Waals surface area contributed by atoms with Gasteiger partial charge in [0.1, 0.15) is 18.1 Å². The Morgan fingerprint density at radius 1 is 1.08 bits per heavy atom. The van der Waals surface area contributed by atoms with Gasteiger partial charge in [0.25, 0.3) is 0 Å². The summed E-state index contributed by atoms with van der Waals surface area (Å²) in [6.45, 7) is 7.66. The molecule has 0 saturated heterocycles. The van der Waals surface area contributed by atoms with E-state index in [0.717, 1.165) is 25.2 Å². The Bertz CT molecular complexity index is 667. The van der Waals surface area contributed by atoms with Crippen LogP contribution in [0.3, 0.4) is 0 Å². The number of carbonyl (C=O) groups excluding carboxylic acids is 1. The van der Waals surface area contributed by atoms with E-state index in [9.17, 15) is 9.90 Å². The highest BCUT2D eigenvalue weighted by molar-refractivity contribution is 5.93. The molecule has 0 aliphatic rings. The molecule has 0 saturated carbocycles. The summed E-state index contributed by atoms with van der Waals surface area (Å²) in [6.07, 6.45) is 0.244. The molecule has 134 valence electrons. The van der Waals surface area contributed by atoms with E-state index in [-0.39, 0.29) is 18.1 Å². The minimum Gasteiger partial charge on any atom is -0.508 e. The van der Waals surface area contributed by atoms with E-state index in [1.165, 1.54) is 0 Å². The van der Waals surface area contributed by atoms with Crippen LogP contribution in [0.5, 0.6) is 11.5 Å². The molecule has 25 heavy (non-hydrogen) atoms. The first-order valence-electron chi connectivity index (χ1n) is 8.64. The number of nitrogens with zero attached hydrogens (tertiary/aromatic N) is 1. The summed E-state index contributed by atoms with van der Waals surface area (Å²) >= 11 is 0. The average molecular weight is 342 g/mol. The van der Waals surface area contributed by atoms with Gasteiger partial charge in [0.2, 0.25) is 5.91 Å². The second kappa shape index (κ2) is 9.69. The highest BCUT2D eigenvalue weighted by Gasteiger charge is 2.09. The molecule has 0 aromatic heterocycles. The molecule has 0 atom stereocenters. The van der Waals surface area contributed by atoms with Gasteiger partial charge >= 0.3 is 0 Å². The Labute approximate surface area is 149 Å². The Morgan fingerprint density at radius 2 is 1.76 bits per heavy atom. The zero-order chi connectivity index (χ0) is 18.1. The molecule has 1 amide bonds. The van der Waals surface area contributed by atoms with Crippen molar-refractivity contribution >= 4 is 11.6 Å². The average Bonchev–Trinajstić information content (AvgIpc) is 2.62. The van der Waals surface area contributed by atoms with Crippen LogP contribution in [0.25, 0.3) is 0 Å². The van der Waals surface area contributed by atoms with E-state index in [2.05, 4.69) is 24.1 Å². The number of aromatic hydroxyl groups is 1. The molecule has 0 spiro atoms. The number of carbonyl (C=O) groups is 1. The number of phenolic OH excluding ortho intramolecular Hbond substituents is 1. The van der Waals surface area contributed by atoms with Gasteiger partial charge in [-0.25, -0.2) is 0 Å². The lowest BCUT2D eigenvalue weighted by atomic mass is 10.1. The highest BCUT2D eigenvalue weighted by atomic mass is 16.5. The lowest BCUT2D eigenvalue weighted by Crippen LogP contribution is -2.28. The van der Waals surface area contributed by atoms with Gasteiger partial charge < -0.3 is 20.1 Å². The van der Waals surface area contributed by atoms with Crippen molar-refractivity contribution in [2.24, 2.45) is 0 Å². The number of benzene rings is 2. The van der Waals surface area contributed by atoms with Crippen molar-refractivity contribution in [1.82, 2.24) is 4.90 Å². The van der Waals surface area contributed by atoms with Crippen LogP contribution in [0.4, 0.5) is 5.69 Å². The molecule has 0 aliphatic heterocycles. The fraction of sp³-hybridized carbons (Fsp3) is 0.350. The fourth-order valence-electron chi connectivity index (χ4n) is 2.51. The van der Waals surface area contributed by atoms with Crippen molar-refractivity contribution in [1.29, 1.82) is 0 Å². The summed E-state index contributed by atoms with van der Waals surface area (Å²) in [6, 6.07) is 14.1. The summed E-state index contributed by atoms with van der Waals surface area (Å²) < 4.78 is 5.85. The van der Waals surface area contributed by atoms with Crippen molar-refractivity contribution in [3.8, 4) is 11.5 Å². The van der Waals surface area contributed by atoms with Gasteiger partial charge in [0.05, 0.1) is 12.1 Å². The molecule has 2 aromatic carbocycles. The Balaban J connectivity index is 1.92. The number of phenols is 1. The van der Waals surface area contributed by atoms with Gasteiger partial charge in [-0.1, -0.05) is 38.1 Å². The summed E-state index contributed by atoms with van der Waals surface area (Å²) in [7, 11) is 0. The predicted molar refractivity (Wildman–Crippen MR) is 100 cm³/mol. The minimum atomic E-state index is -0.120. The Kier molecular flexibility index (Phi) is 7.29. The number of likely N-dealkylation sites (N-methyl/N-ethyl adjacent to an activating group) is 1. The van der Waals surface area contributed by atoms with Gasteiger partial charge in [0.15, 0.2) is 0 Å². The second-order valence-electron chi connectivity index (χ2n) is 5.76. The number of ether oxygens (including phenoxy) is 1. The van der Waals surface area contributed by atoms with E-state index in [1.807, 2.05) is 24.3 Å². The van der Waals surface area contributed by atoms with Crippen molar-refractivity contribution in [3.05, 3.63) is 54.1 Å². The third kappa shape index (κ3) is 6.12. The first-order valence-corrected chi connectivity index (χ1v) is 8.64. The van der Waals surface area contributed by atoms with E-state index >= 15 is 0 Å². The largest absolute Gasteiger partial charge is 0.508 e. The van der Waals surface area contributed by atoms with Gasteiger partial charge in [-0.3, -0.25) is 4.79 Å². The van der Waals surface area contributed by atoms with Crippen molar-refractivity contribution < 1.29 is 14.6 Å². The lowest BCUT2D eigenvalue weighted by molar-refractivity contribution is -0.115. The van der Waals surface area contributed by atoms with Crippen molar-refractivity contribution in [3.63, 3.8) is 0 Å². The number of anilines is 1. The number of nitrogens with one attached hydrogen (secondary N) is 1. The third-order valence-corrected chi connectivity index (χ3v) is 4.02. The maximum Gasteiger partial charge on any atom is 0.228 e. The van der Waals surface area contributed by atoms with Crippen LogP contribution in [0.2, 0.25) is 0 Å². The topological polar surface area (TPSA) is 61.8 Å². The molecule has 2 aromatic rings. The van der Waals surface area contributed by atoms with Gasteiger partial charge in [-0.05, 0) is 42.9 Å². The molecule has 5 nitrogen and oxygen atoms in total. The maximum absolute atomic E-state index is 12.3. The molecule has 0 unspecified atom stereocenters. The maximum atomic E-state index is 12.3. The van der Waals surface area contributed by atoms with Crippen molar-refractivity contribution in [2.45, 2.75) is 20.3 Å². The molecule has 2 N–H and O–H groups in total. The summed E-state index contributed by atoms with van der Waals surface area (Å²) in [5.74, 6) is 0.746. The SMILES string of the molecule is CCN(CC)CCOc1ccccc1NC(=O)Cc1ccc(O)cc1. The van der Waals surface area contributed by atoms with Crippen LogP contribution in [0, 0.1) is 0 Å². The van der Waals surface area contributed by atoms with Crippen LogP contribution >= 0.6 is 0 Å². The van der Waals surface area contributed by atoms with Crippen LogP contribution in [0.15, 0.2) is 48.5 Å². The molecule has 5 heteroatoms. The minimum absolute atomic E-state index is 0.120. The first-order chi connectivity index (χ1) is 12.1. The number of hydrogen-bond acceptors (Lipinski definition) is 4. The quantitative estimate of drug-likeness (QED) is 0.734. The van der Waals surface area contributed by atoms with E-state index in [1.54, 1.807) is 24.3 Å². The number of rotatable bonds is 9. The molecule has 2 rings (SSSR count). The van der Waals surface area contributed by atoms with Crippen LogP contribution in [0.1, 0.15) is 19.4 Å². The second-order valence-corrected chi connectivity index (χ2v) is 5.76. The molecular formula is C20H26N2O3. The summed E-state index contributed by atoms with van der Waals surface area (Å²) in [4.78, 5) is 14.5. The summed E-state index contributed by atoms with van der Waals surface area (Å²) in [5, 5.41) is 12.2. The van der Waals surface area contributed by atoms with Gasteiger partial charge in [0, 0.05) is 6.54 Å². The summed E-state index contributed by atoms with van der Waals surface area (Å²) in [5.41, 5.74) is 1.51. The van der Waals surface area contributed by atoms with Crippen LogP contribution < -0.4 is 10.1 Å². The molecule has 0 radical (unpaired) electrons. The van der Waals surface area contributed by atoms with E-state index < -0.39 is 0 Å². The number of hydrogen-bond donors (Lipinski definition) is 2. The fourth-order valence-corrected chi connectivity index (χ4v) is 2.51. The smallest absolute Gasteiger partial charge is 0.228 e. The Hall–Kier alpha value is -2.53. The third-order valence-electron chi connectivity index (χ3n) is 4.02. The highest BCUT2D eigenvalue weighted by Crippen LogP contribution is 2.24. The first kappa shape index (κ1) is 18.8. The number of amides is 1. The van der Waals surface area contributed by atoms with Crippen molar-refractivity contribution in [2.75, 3.05) is 31.6 Å². The van der Waals surface area contributed by atoms with Gasteiger partial charge in [-0.15, -0.1) is 0 Å². The monoisotopic (exact) mass is 342 g/mol. The van der Waals surface area contributed by atoms with Crippen LogP contribution in [-0.2, 0) is 11.2 Å². The number of para-hydroxylation sites is 2. The zero-order valence-corrected chi connectivity index (χ0v) is 14.9. The van der Waals surface area contributed by atoms with E-state index in [0.29, 0.717) is 18.0 Å². The molecule has 0 aliphatic carbocycles. The predicted octanol–water partition coefficient (Wildman–Crippen LogP) is 3.29. The molecular weight excluding hydrogens is 316 g/mol. The lowest BCUT2D eigenvalue weighted by Gasteiger charge is -2.19. The zero-order valence-electron chi connectivity index (χ0n) is 14.9. The molecule has 0 heterocycles. The standard InChI is InChI=1S/C20H26N2O3/c1-3-22(4-2)13-14-25-19-8-6-5-7-18(19)21-20(24)15-16-9-11-17(23)12-10-16/h5-12,23H,3-4,13-15H2,1-2H3,(H,21,24). The molecule has 0 fully saturated rings. The van der Waals surface area contributed by atoms with E-state index in [4.69, 9.17) is 4.74 Å².